The lowest BCUT2D eigenvalue weighted by Crippen LogP contribution is -2.27. The van der Waals surface area contributed by atoms with E-state index in [4.69, 9.17) is 0 Å². The molecule has 1 heterocycles. The summed E-state index contributed by atoms with van der Waals surface area (Å²) in [5, 5.41) is 0. The number of carbonyl (C=O) groups is 1. The second kappa shape index (κ2) is 6.63. The quantitative estimate of drug-likeness (QED) is 0.779. The van der Waals surface area contributed by atoms with E-state index in [9.17, 15) is 4.79 Å². The van der Waals surface area contributed by atoms with E-state index in [1.165, 1.54) is 6.42 Å². The highest BCUT2D eigenvalue weighted by atomic mass is 79.9. The number of nitrogens with zero attached hydrogens (tertiary/aromatic N) is 2. The Morgan fingerprint density at radius 2 is 2.19 bits per heavy atom. The Morgan fingerprint density at radius 1 is 1.44 bits per heavy atom. The van der Waals surface area contributed by atoms with Crippen LogP contribution in [-0.2, 0) is 0 Å². The van der Waals surface area contributed by atoms with Gasteiger partial charge in [-0.25, -0.2) is 0 Å². The zero-order chi connectivity index (χ0) is 12.0. The summed E-state index contributed by atoms with van der Waals surface area (Å²) in [7, 11) is 1.83. The van der Waals surface area contributed by atoms with Gasteiger partial charge in [0, 0.05) is 30.5 Å². The van der Waals surface area contributed by atoms with Gasteiger partial charge in [0.1, 0.15) is 0 Å². The van der Waals surface area contributed by atoms with Gasteiger partial charge in [0.2, 0.25) is 0 Å². The third-order valence-corrected chi connectivity index (χ3v) is 2.83. The largest absolute Gasteiger partial charge is 0.342 e. The Hall–Kier alpha value is -0.900. The van der Waals surface area contributed by atoms with Crippen LogP contribution in [0.5, 0.6) is 0 Å². The van der Waals surface area contributed by atoms with Gasteiger partial charge in [-0.05, 0) is 28.4 Å². The summed E-state index contributed by atoms with van der Waals surface area (Å²) in [6, 6.07) is 1.80. The minimum absolute atomic E-state index is 0.0323. The minimum atomic E-state index is 0.0323. The van der Waals surface area contributed by atoms with E-state index in [0.717, 1.165) is 23.9 Å². The van der Waals surface area contributed by atoms with E-state index in [0.29, 0.717) is 5.56 Å². The fourth-order valence-corrected chi connectivity index (χ4v) is 1.81. The maximum atomic E-state index is 12.0. The van der Waals surface area contributed by atoms with Crippen molar-refractivity contribution >= 4 is 21.8 Å². The van der Waals surface area contributed by atoms with Crippen molar-refractivity contribution in [2.24, 2.45) is 0 Å². The van der Waals surface area contributed by atoms with E-state index in [1.54, 1.807) is 23.4 Å². The van der Waals surface area contributed by atoms with Crippen molar-refractivity contribution in [3.05, 3.63) is 28.5 Å². The predicted molar refractivity (Wildman–Crippen MR) is 68.4 cm³/mol. The van der Waals surface area contributed by atoms with Gasteiger partial charge in [0.05, 0.1) is 5.56 Å². The smallest absolute Gasteiger partial charge is 0.255 e. The van der Waals surface area contributed by atoms with Crippen molar-refractivity contribution in [3.63, 3.8) is 0 Å². The van der Waals surface area contributed by atoms with Crippen LogP contribution in [0.4, 0.5) is 0 Å². The number of amides is 1. The molecule has 1 amide bonds. The van der Waals surface area contributed by atoms with Crippen molar-refractivity contribution in [2.45, 2.75) is 26.2 Å². The standard InChI is InChI=1S/C12H17BrN2O/c1-3-4-5-6-15(2)12(16)10-7-11(13)9-14-8-10/h7-9H,3-6H2,1-2H3. The summed E-state index contributed by atoms with van der Waals surface area (Å²) in [6.45, 7) is 2.96. The second-order valence-corrected chi connectivity index (χ2v) is 4.74. The van der Waals surface area contributed by atoms with Crippen LogP contribution in [0.25, 0.3) is 0 Å². The lowest BCUT2D eigenvalue weighted by atomic mass is 10.2. The number of unbranched alkanes of at least 4 members (excludes halogenated alkanes) is 2. The molecule has 0 spiro atoms. The summed E-state index contributed by atoms with van der Waals surface area (Å²) in [5.41, 5.74) is 0.633. The molecule has 0 aliphatic rings. The van der Waals surface area contributed by atoms with Gasteiger partial charge < -0.3 is 4.90 Å². The van der Waals surface area contributed by atoms with Gasteiger partial charge in [-0.15, -0.1) is 0 Å². The topological polar surface area (TPSA) is 33.2 Å². The normalized spacial score (nSPS) is 10.2. The van der Waals surface area contributed by atoms with Crippen LogP contribution in [0.3, 0.4) is 0 Å². The fraction of sp³-hybridized carbons (Fsp3) is 0.500. The average molecular weight is 285 g/mol. The maximum Gasteiger partial charge on any atom is 0.255 e. The van der Waals surface area contributed by atoms with Crippen LogP contribution < -0.4 is 0 Å². The highest BCUT2D eigenvalue weighted by Crippen LogP contribution is 2.11. The maximum absolute atomic E-state index is 12.0. The van der Waals surface area contributed by atoms with E-state index in [2.05, 4.69) is 27.8 Å². The molecule has 88 valence electrons. The number of carbonyl (C=O) groups excluding carboxylic acids is 1. The molecule has 1 aromatic heterocycles. The third-order valence-electron chi connectivity index (χ3n) is 2.40. The molecular formula is C12H17BrN2O. The number of rotatable bonds is 5. The molecule has 0 saturated carbocycles. The molecule has 0 aliphatic carbocycles. The Bertz CT molecular complexity index is 355. The van der Waals surface area contributed by atoms with Crippen molar-refractivity contribution in [2.75, 3.05) is 13.6 Å². The van der Waals surface area contributed by atoms with E-state index in [1.807, 2.05) is 7.05 Å². The Labute approximate surface area is 105 Å². The van der Waals surface area contributed by atoms with Crippen LogP contribution in [0.15, 0.2) is 22.9 Å². The molecule has 1 rings (SSSR count). The molecule has 3 nitrogen and oxygen atoms in total. The molecule has 0 aliphatic heterocycles. The first-order valence-corrected chi connectivity index (χ1v) is 6.30. The van der Waals surface area contributed by atoms with E-state index >= 15 is 0 Å². The molecule has 0 saturated heterocycles. The number of aromatic nitrogens is 1. The van der Waals surface area contributed by atoms with Gasteiger partial charge in [0.15, 0.2) is 0 Å². The highest BCUT2D eigenvalue weighted by Gasteiger charge is 2.11. The zero-order valence-electron chi connectivity index (χ0n) is 9.74. The van der Waals surface area contributed by atoms with Crippen LogP contribution in [-0.4, -0.2) is 29.4 Å². The van der Waals surface area contributed by atoms with Crippen molar-refractivity contribution < 1.29 is 4.79 Å². The monoisotopic (exact) mass is 284 g/mol. The molecular weight excluding hydrogens is 268 g/mol. The SMILES string of the molecule is CCCCCN(C)C(=O)c1cncc(Br)c1. The lowest BCUT2D eigenvalue weighted by Gasteiger charge is -2.16. The Balaban J connectivity index is 2.56. The lowest BCUT2D eigenvalue weighted by molar-refractivity contribution is 0.0792. The molecule has 1 aromatic rings. The number of hydrogen-bond donors (Lipinski definition) is 0. The first-order chi connectivity index (χ1) is 7.65. The highest BCUT2D eigenvalue weighted by molar-refractivity contribution is 9.10. The summed E-state index contributed by atoms with van der Waals surface area (Å²) < 4.78 is 0.834. The predicted octanol–water partition coefficient (Wildman–Crippen LogP) is 3.11. The van der Waals surface area contributed by atoms with Crippen LogP contribution in [0.1, 0.15) is 36.5 Å². The molecule has 0 N–H and O–H groups in total. The van der Waals surface area contributed by atoms with Crippen molar-refractivity contribution in [3.8, 4) is 0 Å². The fourth-order valence-electron chi connectivity index (χ4n) is 1.45. The Morgan fingerprint density at radius 3 is 2.81 bits per heavy atom. The number of pyridine rings is 1. The van der Waals surface area contributed by atoms with Crippen LogP contribution in [0.2, 0.25) is 0 Å². The molecule has 0 radical (unpaired) electrons. The van der Waals surface area contributed by atoms with E-state index < -0.39 is 0 Å². The van der Waals surface area contributed by atoms with Crippen LogP contribution in [0, 0.1) is 0 Å². The summed E-state index contributed by atoms with van der Waals surface area (Å²) >= 11 is 3.31. The summed E-state index contributed by atoms with van der Waals surface area (Å²) in [5.74, 6) is 0.0323. The van der Waals surface area contributed by atoms with Gasteiger partial charge in [-0.1, -0.05) is 19.8 Å². The van der Waals surface area contributed by atoms with Crippen LogP contribution >= 0.6 is 15.9 Å². The second-order valence-electron chi connectivity index (χ2n) is 3.83. The molecule has 0 atom stereocenters. The molecule has 0 fully saturated rings. The first-order valence-electron chi connectivity index (χ1n) is 5.51. The molecule has 0 unspecified atom stereocenters. The summed E-state index contributed by atoms with van der Waals surface area (Å²) in [6.07, 6.45) is 6.66. The molecule has 0 bridgehead atoms. The van der Waals surface area contributed by atoms with Gasteiger partial charge in [0.25, 0.3) is 5.91 Å². The third kappa shape index (κ3) is 3.93. The first kappa shape index (κ1) is 13.2. The number of halogens is 1. The van der Waals surface area contributed by atoms with E-state index in [-0.39, 0.29) is 5.91 Å². The van der Waals surface area contributed by atoms with Gasteiger partial charge >= 0.3 is 0 Å². The summed E-state index contributed by atoms with van der Waals surface area (Å²) in [4.78, 5) is 17.7. The van der Waals surface area contributed by atoms with Gasteiger partial charge in [-0.2, -0.15) is 0 Å². The molecule has 16 heavy (non-hydrogen) atoms. The van der Waals surface area contributed by atoms with Gasteiger partial charge in [-0.3, -0.25) is 9.78 Å². The number of hydrogen-bond acceptors (Lipinski definition) is 2. The average Bonchev–Trinajstić information content (AvgIpc) is 2.28. The zero-order valence-corrected chi connectivity index (χ0v) is 11.3. The Kier molecular flexibility index (Phi) is 5.46. The van der Waals surface area contributed by atoms with Crippen molar-refractivity contribution in [1.82, 2.24) is 9.88 Å². The minimum Gasteiger partial charge on any atom is -0.342 e. The molecule has 0 aromatic carbocycles. The molecule has 4 heteroatoms. The van der Waals surface area contributed by atoms with Crippen molar-refractivity contribution in [1.29, 1.82) is 0 Å².